The molecule has 0 aliphatic rings. The van der Waals surface area contributed by atoms with Crippen LogP contribution in [-0.2, 0) is 11.2 Å². The number of carbonyl (C=O) groups excluding carboxylic acids is 1. The van der Waals surface area contributed by atoms with Crippen LogP contribution < -0.4 is 10.1 Å². The Balaban J connectivity index is 1.80. The second-order valence-electron chi connectivity index (χ2n) is 4.91. The molecule has 6 nitrogen and oxygen atoms in total. The van der Waals surface area contributed by atoms with Crippen LogP contribution in [-0.4, -0.2) is 24.5 Å². The lowest BCUT2D eigenvalue weighted by molar-refractivity contribution is -0.384. The van der Waals surface area contributed by atoms with Gasteiger partial charge in [0.25, 0.3) is 5.69 Å². The van der Waals surface area contributed by atoms with Crippen molar-refractivity contribution in [3.63, 3.8) is 0 Å². The monoisotopic (exact) mass is 324 g/mol. The molecular weight excluding hydrogens is 308 g/mol. The molecule has 6 heteroatoms. The Bertz CT molecular complexity index is 771. The Kier molecular flexibility index (Phi) is 5.92. The van der Waals surface area contributed by atoms with Crippen molar-refractivity contribution in [3.8, 4) is 17.6 Å². The first-order valence-electron chi connectivity index (χ1n) is 7.21. The predicted molar refractivity (Wildman–Crippen MR) is 89.7 cm³/mol. The lowest BCUT2D eigenvalue weighted by Gasteiger charge is -2.01. The van der Waals surface area contributed by atoms with Crippen molar-refractivity contribution in [1.29, 1.82) is 0 Å². The second-order valence-corrected chi connectivity index (χ2v) is 4.91. The quantitative estimate of drug-likeness (QED) is 0.520. The molecule has 24 heavy (non-hydrogen) atoms. The lowest BCUT2D eigenvalue weighted by atomic mass is 10.1. The summed E-state index contributed by atoms with van der Waals surface area (Å²) in [5, 5.41) is 13.3. The summed E-state index contributed by atoms with van der Waals surface area (Å²) in [5.41, 5.74) is 1.55. The lowest BCUT2D eigenvalue weighted by Crippen LogP contribution is -2.25. The van der Waals surface area contributed by atoms with Crippen LogP contribution in [0.5, 0.6) is 5.75 Å². The van der Waals surface area contributed by atoms with Crippen LogP contribution in [0.4, 0.5) is 5.69 Å². The van der Waals surface area contributed by atoms with Gasteiger partial charge in [-0.3, -0.25) is 14.9 Å². The van der Waals surface area contributed by atoms with Gasteiger partial charge in [0.15, 0.2) is 0 Å². The van der Waals surface area contributed by atoms with E-state index in [4.69, 9.17) is 4.74 Å². The molecule has 0 fully saturated rings. The normalized spacial score (nSPS) is 9.54. The first kappa shape index (κ1) is 17.0. The molecule has 0 aromatic heterocycles. The minimum atomic E-state index is -0.474. The van der Waals surface area contributed by atoms with E-state index in [1.165, 1.54) is 12.1 Å². The summed E-state index contributed by atoms with van der Waals surface area (Å²) < 4.78 is 5.06. The topological polar surface area (TPSA) is 81.5 Å². The minimum absolute atomic E-state index is 0.00418. The molecule has 0 bridgehead atoms. The average molecular weight is 324 g/mol. The molecule has 0 unspecified atom stereocenters. The number of benzene rings is 2. The highest BCUT2D eigenvalue weighted by molar-refractivity contribution is 5.78. The molecule has 2 aromatic rings. The third-order valence-corrected chi connectivity index (χ3v) is 3.21. The Morgan fingerprint density at radius 3 is 2.42 bits per heavy atom. The van der Waals surface area contributed by atoms with Crippen LogP contribution >= 0.6 is 0 Å². The Morgan fingerprint density at radius 2 is 1.83 bits per heavy atom. The van der Waals surface area contributed by atoms with Crippen LogP contribution in [0.3, 0.4) is 0 Å². The summed E-state index contributed by atoms with van der Waals surface area (Å²) in [6.07, 6.45) is 0.155. The van der Waals surface area contributed by atoms with Crippen molar-refractivity contribution in [1.82, 2.24) is 5.32 Å². The number of nitro benzene ring substituents is 1. The zero-order chi connectivity index (χ0) is 17.4. The summed E-state index contributed by atoms with van der Waals surface area (Å²) in [6, 6.07) is 13.2. The van der Waals surface area contributed by atoms with E-state index in [-0.39, 0.29) is 24.6 Å². The molecule has 0 aliphatic carbocycles. The highest BCUT2D eigenvalue weighted by Crippen LogP contribution is 2.12. The maximum absolute atomic E-state index is 11.8. The van der Waals surface area contributed by atoms with E-state index >= 15 is 0 Å². The van der Waals surface area contributed by atoms with Crippen molar-refractivity contribution in [2.24, 2.45) is 0 Å². The van der Waals surface area contributed by atoms with Crippen molar-refractivity contribution in [2.75, 3.05) is 13.7 Å². The number of hydrogen-bond donors (Lipinski definition) is 1. The predicted octanol–water partition coefficient (Wildman–Crippen LogP) is 2.31. The van der Waals surface area contributed by atoms with E-state index in [0.29, 0.717) is 5.56 Å². The molecule has 2 aromatic carbocycles. The number of hydrogen-bond acceptors (Lipinski definition) is 4. The Labute approximate surface area is 139 Å². The molecule has 1 amide bonds. The number of ether oxygens (including phenoxy) is 1. The third kappa shape index (κ3) is 5.14. The van der Waals surface area contributed by atoms with Gasteiger partial charge in [-0.05, 0) is 29.8 Å². The van der Waals surface area contributed by atoms with Crippen LogP contribution in [0, 0.1) is 22.0 Å². The molecule has 0 spiro atoms. The van der Waals surface area contributed by atoms with E-state index in [1.54, 1.807) is 19.2 Å². The number of non-ortho nitro benzene ring substituents is 1. The molecule has 122 valence electrons. The summed E-state index contributed by atoms with van der Waals surface area (Å²) in [6.45, 7) is 0.234. The number of rotatable bonds is 5. The fourth-order valence-electron chi connectivity index (χ4n) is 1.95. The van der Waals surface area contributed by atoms with E-state index in [2.05, 4.69) is 17.2 Å². The number of nitro groups is 1. The number of nitrogens with one attached hydrogen (secondary N) is 1. The molecule has 0 radical (unpaired) electrons. The van der Waals surface area contributed by atoms with E-state index in [0.717, 1.165) is 11.3 Å². The van der Waals surface area contributed by atoms with Gasteiger partial charge in [-0.15, -0.1) is 0 Å². The largest absolute Gasteiger partial charge is 0.497 e. The van der Waals surface area contributed by atoms with E-state index < -0.39 is 4.92 Å². The maximum Gasteiger partial charge on any atom is 0.269 e. The number of amides is 1. The molecule has 0 aliphatic heterocycles. The van der Waals surface area contributed by atoms with Gasteiger partial charge in [0.1, 0.15) is 5.75 Å². The number of nitrogens with zero attached hydrogens (tertiary/aromatic N) is 1. The first-order valence-corrected chi connectivity index (χ1v) is 7.21. The van der Waals surface area contributed by atoms with Crippen molar-refractivity contribution in [2.45, 2.75) is 6.42 Å². The third-order valence-electron chi connectivity index (χ3n) is 3.21. The summed E-state index contributed by atoms with van der Waals surface area (Å²) in [4.78, 5) is 21.9. The van der Waals surface area contributed by atoms with Crippen LogP contribution in [0.1, 0.15) is 11.1 Å². The minimum Gasteiger partial charge on any atom is -0.497 e. The van der Waals surface area contributed by atoms with Gasteiger partial charge in [-0.2, -0.15) is 0 Å². The van der Waals surface area contributed by atoms with Gasteiger partial charge in [-0.1, -0.05) is 24.0 Å². The Morgan fingerprint density at radius 1 is 1.17 bits per heavy atom. The summed E-state index contributed by atoms with van der Waals surface area (Å²) in [5.74, 6) is 6.38. The molecule has 0 saturated carbocycles. The highest BCUT2D eigenvalue weighted by Gasteiger charge is 2.06. The average Bonchev–Trinajstić information content (AvgIpc) is 2.59. The standard InChI is InChI=1S/C18H16N2O4/c1-24-17-10-6-14(7-11-17)3-2-12-19-18(21)13-15-4-8-16(9-5-15)20(22)23/h4-11H,12-13H2,1H3,(H,19,21). The van der Waals surface area contributed by atoms with Gasteiger partial charge < -0.3 is 10.1 Å². The molecule has 0 atom stereocenters. The fourth-order valence-corrected chi connectivity index (χ4v) is 1.95. The van der Waals surface area contributed by atoms with Crippen molar-refractivity contribution >= 4 is 11.6 Å². The molecule has 0 saturated heterocycles. The van der Waals surface area contributed by atoms with Gasteiger partial charge in [0, 0.05) is 17.7 Å². The van der Waals surface area contributed by atoms with Crippen LogP contribution in [0.15, 0.2) is 48.5 Å². The van der Waals surface area contributed by atoms with Gasteiger partial charge in [-0.25, -0.2) is 0 Å². The molecule has 1 N–H and O–H groups in total. The fraction of sp³-hybridized carbons (Fsp3) is 0.167. The summed E-state index contributed by atoms with van der Waals surface area (Å²) >= 11 is 0. The van der Waals surface area contributed by atoms with Crippen molar-refractivity contribution in [3.05, 3.63) is 69.8 Å². The zero-order valence-electron chi connectivity index (χ0n) is 13.1. The van der Waals surface area contributed by atoms with Crippen molar-refractivity contribution < 1.29 is 14.5 Å². The number of carbonyl (C=O) groups is 1. The highest BCUT2D eigenvalue weighted by atomic mass is 16.6. The van der Waals surface area contributed by atoms with Gasteiger partial charge >= 0.3 is 0 Å². The molecule has 2 rings (SSSR count). The maximum atomic E-state index is 11.8. The first-order chi connectivity index (χ1) is 11.6. The smallest absolute Gasteiger partial charge is 0.269 e. The molecule has 0 heterocycles. The second kappa shape index (κ2) is 8.34. The van der Waals surface area contributed by atoms with Crippen LogP contribution in [0.25, 0.3) is 0 Å². The van der Waals surface area contributed by atoms with Gasteiger partial charge in [0.05, 0.1) is 25.0 Å². The van der Waals surface area contributed by atoms with Crippen LogP contribution in [0.2, 0.25) is 0 Å². The van der Waals surface area contributed by atoms with E-state index in [1.807, 2.05) is 24.3 Å². The summed E-state index contributed by atoms with van der Waals surface area (Å²) in [7, 11) is 1.60. The number of methoxy groups -OCH3 is 1. The molecular formula is C18H16N2O4. The zero-order valence-corrected chi connectivity index (χ0v) is 13.1. The Hall–Kier alpha value is -3.33. The van der Waals surface area contributed by atoms with Gasteiger partial charge in [0.2, 0.25) is 5.91 Å². The SMILES string of the molecule is COc1ccc(C#CCNC(=O)Cc2ccc([N+](=O)[O-])cc2)cc1. The van der Waals surface area contributed by atoms with E-state index in [9.17, 15) is 14.9 Å².